The van der Waals surface area contributed by atoms with E-state index in [9.17, 15) is 4.79 Å². The van der Waals surface area contributed by atoms with E-state index in [0.29, 0.717) is 12.3 Å². The van der Waals surface area contributed by atoms with Gasteiger partial charge in [-0.25, -0.2) is 0 Å². The van der Waals surface area contributed by atoms with Crippen LogP contribution in [-0.2, 0) is 11.2 Å². The molecule has 0 N–H and O–H groups in total. The van der Waals surface area contributed by atoms with Gasteiger partial charge in [-0.3, -0.25) is 4.79 Å². The van der Waals surface area contributed by atoms with Gasteiger partial charge in [0.2, 0.25) is 0 Å². The van der Waals surface area contributed by atoms with Gasteiger partial charge in [-0.1, -0.05) is 32.1 Å². The summed E-state index contributed by atoms with van der Waals surface area (Å²) in [5, 5.41) is 0. The summed E-state index contributed by atoms with van der Waals surface area (Å²) in [5.74, 6) is 0.739. The molecule has 1 aliphatic rings. The third-order valence-corrected chi connectivity index (χ3v) is 3.10. The molecule has 0 atom stereocenters. The van der Waals surface area contributed by atoms with Crippen molar-refractivity contribution in [3.63, 3.8) is 0 Å². The molecule has 2 rings (SSSR count). The summed E-state index contributed by atoms with van der Waals surface area (Å²) in [6.07, 6.45) is 4.17. The van der Waals surface area contributed by atoms with Crippen LogP contribution >= 0.6 is 0 Å². The van der Waals surface area contributed by atoms with Gasteiger partial charge in [0.25, 0.3) is 0 Å². The predicted octanol–water partition coefficient (Wildman–Crippen LogP) is 3.26. The van der Waals surface area contributed by atoms with Crippen molar-refractivity contribution in [2.75, 3.05) is 0 Å². The monoisotopic (exact) mass is 200 g/mol. The van der Waals surface area contributed by atoms with E-state index in [1.807, 2.05) is 6.08 Å². The van der Waals surface area contributed by atoms with Crippen LogP contribution in [0.2, 0.25) is 0 Å². The highest BCUT2D eigenvalue weighted by molar-refractivity contribution is 5.98. The second kappa shape index (κ2) is 3.65. The van der Waals surface area contributed by atoms with E-state index in [0.717, 1.165) is 0 Å². The number of fused-ring (bicyclic) bond motifs is 1. The molecule has 1 heteroatoms. The second-order valence-corrected chi connectivity index (χ2v) is 4.48. The van der Waals surface area contributed by atoms with Gasteiger partial charge < -0.3 is 0 Å². The summed E-state index contributed by atoms with van der Waals surface area (Å²) in [4.78, 5) is 11.4. The lowest BCUT2D eigenvalue weighted by Crippen LogP contribution is -2.09. The SMILES string of the molecule is Cc1c(C(C)C)ccc2c1CC(=O)C=C2. The van der Waals surface area contributed by atoms with Crippen LogP contribution in [-0.4, -0.2) is 5.78 Å². The standard InChI is InChI=1S/C14H16O/c1-9(2)13-7-5-11-4-6-12(15)8-14(11)10(13)3/h4-7,9H,8H2,1-3H3. The van der Waals surface area contributed by atoms with E-state index in [1.54, 1.807) is 6.08 Å². The maximum absolute atomic E-state index is 11.4. The van der Waals surface area contributed by atoms with Crippen LogP contribution in [0, 0.1) is 6.92 Å². The molecule has 0 unspecified atom stereocenters. The minimum Gasteiger partial charge on any atom is -0.294 e. The normalized spacial score (nSPS) is 14.5. The lowest BCUT2D eigenvalue weighted by Gasteiger charge is -2.18. The van der Waals surface area contributed by atoms with E-state index in [2.05, 4.69) is 32.9 Å². The lowest BCUT2D eigenvalue weighted by atomic mass is 9.86. The number of carbonyl (C=O) groups is 1. The molecule has 0 fully saturated rings. The molecule has 0 saturated carbocycles. The quantitative estimate of drug-likeness (QED) is 0.680. The fraction of sp³-hybridized carbons (Fsp3) is 0.357. The molecule has 0 spiro atoms. The number of carbonyl (C=O) groups excluding carboxylic acids is 1. The lowest BCUT2D eigenvalue weighted by molar-refractivity contribution is -0.114. The Kier molecular flexibility index (Phi) is 2.47. The van der Waals surface area contributed by atoms with Gasteiger partial charge in [0.1, 0.15) is 0 Å². The topological polar surface area (TPSA) is 17.1 Å². The van der Waals surface area contributed by atoms with Crippen LogP contribution < -0.4 is 0 Å². The predicted molar refractivity (Wildman–Crippen MR) is 63.0 cm³/mol. The van der Waals surface area contributed by atoms with Gasteiger partial charge in [0.05, 0.1) is 0 Å². The van der Waals surface area contributed by atoms with Gasteiger partial charge in [0, 0.05) is 6.42 Å². The molecule has 1 nitrogen and oxygen atoms in total. The number of rotatable bonds is 1. The molecule has 78 valence electrons. The zero-order valence-electron chi connectivity index (χ0n) is 9.50. The Balaban J connectivity index is 2.58. The maximum Gasteiger partial charge on any atom is 0.160 e. The molecule has 1 aromatic carbocycles. The second-order valence-electron chi connectivity index (χ2n) is 4.48. The Morgan fingerprint density at radius 2 is 1.93 bits per heavy atom. The fourth-order valence-corrected chi connectivity index (χ4v) is 2.23. The zero-order chi connectivity index (χ0) is 11.0. The fourth-order valence-electron chi connectivity index (χ4n) is 2.23. The van der Waals surface area contributed by atoms with E-state index in [4.69, 9.17) is 0 Å². The van der Waals surface area contributed by atoms with Crippen molar-refractivity contribution in [3.05, 3.63) is 40.5 Å². The molecular weight excluding hydrogens is 184 g/mol. The third kappa shape index (κ3) is 1.74. The number of ketones is 1. The third-order valence-electron chi connectivity index (χ3n) is 3.10. The summed E-state index contributed by atoms with van der Waals surface area (Å²) in [7, 11) is 0. The Morgan fingerprint density at radius 3 is 2.60 bits per heavy atom. The first-order valence-electron chi connectivity index (χ1n) is 5.43. The summed E-state index contributed by atoms with van der Waals surface area (Å²) in [5.41, 5.74) is 5.07. The molecule has 0 bridgehead atoms. The molecule has 0 saturated heterocycles. The Bertz CT molecular complexity index is 439. The van der Waals surface area contributed by atoms with Crippen LogP contribution in [0.25, 0.3) is 6.08 Å². The first kappa shape index (κ1) is 10.2. The van der Waals surface area contributed by atoms with E-state index in [1.165, 1.54) is 22.3 Å². The average Bonchev–Trinajstić information content (AvgIpc) is 2.19. The molecule has 15 heavy (non-hydrogen) atoms. The van der Waals surface area contributed by atoms with Crippen LogP contribution in [0.5, 0.6) is 0 Å². The van der Waals surface area contributed by atoms with E-state index in [-0.39, 0.29) is 5.78 Å². The van der Waals surface area contributed by atoms with E-state index >= 15 is 0 Å². The minimum absolute atomic E-state index is 0.214. The van der Waals surface area contributed by atoms with Gasteiger partial charge in [0.15, 0.2) is 5.78 Å². The van der Waals surface area contributed by atoms with Gasteiger partial charge in [-0.15, -0.1) is 0 Å². The van der Waals surface area contributed by atoms with Crippen molar-refractivity contribution in [1.29, 1.82) is 0 Å². The summed E-state index contributed by atoms with van der Waals surface area (Å²) < 4.78 is 0. The minimum atomic E-state index is 0.214. The van der Waals surface area contributed by atoms with E-state index < -0.39 is 0 Å². The number of hydrogen-bond donors (Lipinski definition) is 0. The van der Waals surface area contributed by atoms with Gasteiger partial charge in [-0.05, 0) is 41.2 Å². The molecule has 0 amide bonds. The highest BCUT2D eigenvalue weighted by Gasteiger charge is 2.15. The van der Waals surface area contributed by atoms with Crippen LogP contribution in [0.3, 0.4) is 0 Å². The molecule has 0 heterocycles. The first-order chi connectivity index (χ1) is 7.09. The molecule has 0 aromatic heterocycles. The Hall–Kier alpha value is -1.37. The van der Waals surface area contributed by atoms with Gasteiger partial charge in [-0.2, -0.15) is 0 Å². The highest BCUT2D eigenvalue weighted by atomic mass is 16.1. The van der Waals surface area contributed by atoms with Gasteiger partial charge >= 0.3 is 0 Å². The van der Waals surface area contributed by atoms with Crippen LogP contribution in [0.1, 0.15) is 42.0 Å². The summed E-state index contributed by atoms with van der Waals surface area (Å²) >= 11 is 0. The number of benzene rings is 1. The summed E-state index contributed by atoms with van der Waals surface area (Å²) in [6.45, 7) is 6.50. The van der Waals surface area contributed by atoms with Crippen LogP contribution in [0.4, 0.5) is 0 Å². The molecule has 0 radical (unpaired) electrons. The van der Waals surface area contributed by atoms with Crippen LogP contribution in [0.15, 0.2) is 18.2 Å². The largest absolute Gasteiger partial charge is 0.294 e. The molecule has 1 aliphatic carbocycles. The van der Waals surface area contributed by atoms with Crippen molar-refractivity contribution in [3.8, 4) is 0 Å². The van der Waals surface area contributed by atoms with Crippen molar-refractivity contribution in [2.24, 2.45) is 0 Å². The van der Waals surface area contributed by atoms with Crippen molar-refractivity contribution >= 4 is 11.9 Å². The van der Waals surface area contributed by atoms with Crippen molar-refractivity contribution < 1.29 is 4.79 Å². The Morgan fingerprint density at radius 1 is 1.20 bits per heavy atom. The van der Waals surface area contributed by atoms with Crippen molar-refractivity contribution in [1.82, 2.24) is 0 Å². The molecular formula is C14H16O. The number of allylic oxidation sites excluding steroid dienone is 1. The average molecular weight is 200 g/mol. The highest BCUT2D eigenvalue weighted by Crippen LogP contribution is 2.28. The smallest absolute Gasteiger partial charge is 0.160 e. The first-order valence-corrected chi connectivity index (χ1v) is 5.43. The maximum atomic E-state index is 11.4. The molecule has 0 aliphatic heterocycles. The van der Waals surface area contributed by atoms with Crippen molar-refractivity contribution in [2.45, 2.75) is 33.1 Å². The number of hydrogen-bond acceptors (Lipinski definition) is 1. The summed E-state index contributed by atoms with van der Waals surface area (Å²) in [6, 6.07) is 4.31. The molecule has 1 aromatic rings. The zero-order valence-corrected chi connectivity index (χ0v) is 9.50. The Labute approximate surface area is 90.8 Å².